The fourth-order valence-electron chi connectivity index (χ4n) is 2.46. The fraction of sp³-hybridized carbons (Fsp3) is 0.417. The molecule has 0 unspecified atom stereocenters. The van der Waals surface area contributed by atoms with Crippen LogP contribution in [0.15, 0.2) is 28.9 Å². The van der Waals surface area contributed by atoms with Crippen molar-refractivity contribution in [2.24, 2.45) is 0 Å². The minimum Gasteiger partial charge on any atom is -0.262 e. The molecule has 1 aliphatic rings. The van der Waals surface area contributed by atoms with Crippen LogP contribution in [0, 0.1) is 0 Å². The van der Waals surface area contributed by atoms with Crippen molar-refractivity contribution < 1.29 is 0 Å². The fourth-order valence-corrected chi connectivity index (χ4v) is 2.84. The molecular formula is C12H13BrN2. The van der Waals surface area contributed by atoms with Crippen LogP contribution in [-0.4, -0.2) is 9.78 Å². The smallest absolute Gasteiger partial charge is 0.0686 e. The van der Waals surface area contributed by atoms with Gasteiger partial charge in [0.1, 0.15) is 0 Å². The predicted octanol–water partition coefficient (Wildman–Crippen LogP) is 3.91. The highest BCUT2D eigenvalue weighted by Gasteiger charge is 2.18. The standard InChI is InChI=1S/C12H13BrN2/c13-10-5-6-12-9(7-10)8-14-15(12)11-3-1-2-4-11/h5-8,11H,1-4H2. The zero-order chi connectivity index (χ0) is 10.3. The first-order valence-corrected chi connectivity index (χ1v) is 6.27. The van der Waals surface area contributed by atoms with E-state index in [4.69, 9.17) is 0 Å². The molecule has 0 radical (unpaired) electrons. The third-order valence-electron chi connectivity index (χ3n) is 3.23. The van der Waals surface area contributed by atoms with Gasteiger partial charge in [-0.2, -0.15) is 5.10 Å². The van der Waals surface area contributed by atoms with Gasteiger partial charge in [0.05, 0.1) is 17.8 Å². The summed E-state index contributed by atoms with van der Waals surface area (Å²) in [7, 11) is 0. The third-order valence-corrected chi connectivity index (χ3v) is 3.72. The van der Waals surface area contributed by atoms with E-state index in [1.54, 1.807) is 0 Å². The first kappa shape index (κ1) is 9.40. The van der Waals surface area contributed by atoms with Crippen LogP contribution in [0.3, 0.4) is 0 Å². The van der Waals surface area contributed by atoms with Crippen LogP contribution in [-0.2, 0) is 0 Å². The molecule has 0 amide bonds. The minimum absolute atomic E-state index is 0.628. The molecule has 1 fully saturated rings. The van der Waals surface area contributed by atoms with E-state index in [1.807, 2.05) is 6.20 Å². The molecule has 1 saturated carbocycles. The number of aromatic nitrogens is 2. The lowest BCUT2D eigenvalue weighted by atomic mass is 10.2. The van der Waals surface area contributed by atoms with E-state index in [9.17, 15) is 0 Å². The second-order valence-electron chi connectivity index (χ2n) is 4.23. The van der Waals surface area contributed by atoms with Crippen molar-refractivity contribution in [1.29, 1.82) is 0 Å². The largest absolute Gasteiger partial charge is 0.262 e. The van der Waals surface area contributed by atoms with E-state index in [0.717, 1.165) is 4.47 Å². The highest BCUT2D eigenvalue weighted by Crippen LogP contribution is 2.32. The molecule has 1 aromatic carbocycles. The van der Waals surface area contributed by atoms with E-state index >= 15 is 0 Å². The van der Waals surface area contributed by atoms with E-state index in [-0.39, 0.29) is 0 Å². The molecule has 0 bridgehead atoms. The van der Waals surface area contributed by atoms with Gasteiger partial charge in [-0.3, -0.25) is 4.68 Å². The summed E-state index contributed by atoms with van der Waals surface area (Å²) in [6.45, 7) is 0. The number of hydrogen-bond donors (Lipinski definition) is 0. The van der Waals surface area contributed by atoms with Gasteiger partial charge in [-0.1, -0.05) is 28.8 Å². The number of fused-ring (bicyclic) bond motifs is 1. The van der Waals surface area contributed by atoms with Crippen molar-refractivity contribution in [2.45, 2.75) is 31.7 Å². The van der Waals surface area contributed by atoms with Gasteiger partial charge in [-0.25, -0.2) is 0 Å². The highest BCUT2D eigenvalue weighted by molar-refractivity contribution is 9.10. The Labute approximate surface area is 97.4 Å². The Hall–Kier alpha value is -0.830. The molecule has 3 heteroatoms. The quantitative estimate of drug-likeness (QED) is 0.764. The lowest BCUT2D eigenvalue weighted by Crippen LogP contribution is -2.05. The maximum Gasteiger partial charge on any atom is 0.0686 e. The van der Waals surface area contributed by atoms with Crippen LogP contribution in [0.2, 0.25) is 0 Å². The normalized spacial score (nSPS) is 17.7. The second-order valence-corrected chi connectivity index (χ2v) is 5.15. The Bertz CT molecular complexity index is 483. The van der Waals surface area contributed by atoms with Crippen molar-refractivity contribution in [3.63, 3.8) is 0 Å². The summed E-state index contributed by atoms with van der Waals surface area (Å²) < 4.78 is 3.33. The SMILES string of the molecule is Brc1ccc2c(cnn2C2CCCC2)c1. The number of benzene rings is 1. The maximum absolute atomic E-state index is 4.51. The molecule has 0 spiro atoms. The van der Waals surface area contributed by atoms with Gasteiger partial charge in [0.2, 0.25) is 0 Å². The third kappa shape index (κ3) is 1.59. The average Bonchev–Trinajstić information content (AvgIpc) is 2.82. The molecule has 78 valence electrons. The van der Waals surface area contributed by atoms with Crippen molar-refractivity contribution in [1.82, 2.24) is 9.78 Å². The molecule has 3 rings (SSSR count). The van der Waals surface area contributed by atoms with E-state index in [2.05, 4.69) is 43.9 Å². The molecule has 0 N–H and O–H groups in total. The number of halogens is 1. The molecule has 0 aliphatic heterocycles. The lowest BCUT2D eigenvalue weighted by Gasteiger charge is -2.10. The zero-order valence-electron chi connectivity index (χ0n) is 8.49. The summed E-state index contributed by atoms with van der Waals surface area (Å²) in [5.41, 5.74) is 1.27. The molecule has 2 aromatic rings. The minimum atomic E-state index is 0.628. The molecule has 1 aromatic heterocycles. The van der Waals surface area contributed by atoms with E-state index in [1.165, 1.54) is 36.6 Å². The van der Waals surface area contributed by atoms with Crippen molar-refractivity contribution in [2.75, 3.05) is 0 Å². The monoisotopic (exact) mass is 264 g/mol. The topological polar surface area (TPSA) is 17.8 Å². The summed E-state index contributed by atoms with van der Waals surface area (Å²) in [5, 5.41) is 5.75. The summed E-state index contributed by atoms with van der Waals surface area (Å²) in [4.78, 5) is 0. The van der Waals surface area contributed by atoms with E-state index in [0.29, 0.717) is 6.04 Å². The van der Waals surface area contributed by atoms with Gasteiger partial charge in [0.15, 0.2) is 0 Å². The Morgan fingerprint density at radius 3 is 2.87 bits per heavy atom. The number of nitrogens with zero attached hydrogens (tertiary/aromatic N) is 2. The molecule has 1 aliphatic carbocycles. The second kappa shape index (κ2) is 3.63. The Kier molecular flexibility index (Phi) is 2.28. The highest BCUT2D eigenvalue weighted by atomic mass is 79.9. The first-order chi connectivity index (χ1) is 7.34. The van der Waals surface area contributed by atoms with Crippen LogP contribution in [0.25, 0.3) is 10.9 Å². The van der Waals surface area contributed by atoms with Crippen molar-refractivity contribution in [3.05, 3.63) is 28.9 Å². The molecular weight excluding hydrogens is 252 g/mol. The molecule has 15 heavy (non-hydrogen) atoms. The van der Waals surface area contributed by atoms with Crippen molar-refractivity contribution in [3.8, 4) is 0 Å². The summed E-state index contributed by atoms with van der Waals surface area (Å²) in [6, 6.07) is 7.01. The van der Waals surface area contributed by atoms with Gasteiger partial charge >= 0.3 is 0 Å². The van der Waals surface area contributed by atoms with Crippen LogP contribution >= 0.6 is 15.9 Å². The summed E-state index contributed by atoms with van der Waals surface area (Å²) in [5.74, 6) is 0. The van der Waals surface area contributed by atoms with Crippen LogP contribution in [0.5, 0.6) is 0 Å². The number of hydrogen-bond acceptors (Lipinski definition) is 1. The molecule has 1 heterocycles. The van der Waals surface area contributed by atoms with Crippen molar-refractivity contribution >= 4 is 26.8 Å². The van der Waals surface area contributed by atoms with Gasteiger partial charge in [-0.15, -0.1) is 0 Å². The van der Waals surface area contributed by atoms with Crippen LogP contribution in [0.1, 0.15) is 31.7 Å². The first-order valence-electron chi connectivity index (χ1n) is 5.47. The van der Waals surface area contributed by atoms with Gasteiger partial charge in [-0.05, 0) is 31.0 Å². The average molecular weight is 265 g/mol. The van der Waals surface area contributed by atoms with Gasteiger partial charge < -0.3 is 0 Å². The van der Waals surface area contributed by atoms with Crippen LogP contribution in [0.4, 0.5) is 0 Å². The number of rotatable bonds is 1. The summed E-state index contributed by atoms with van der Waals surface area (Å²) >= 11 is 3.49. The van der Waals surface area contributed by atoms with Gasteiger partial charge in [0, 0.05) is 9.86 Å². The maximum atomic E-state index is 4.51. The Morgan fingerprint density at radius 1 is 1.27 bits per heavy atom. The molecule has 0 atom stereocenters. The van der Waals surface area contributed by atoms with Crippen LogP contribution < -0.4 is 0 Å². The van der Waals surface area contributed by atoms with Gasteiger partial charge in [0.25, 0.3) is 0 Å². The lowest BCUT2D eigenvalue weighted by molar-refractivity contribution is 0.482. The summed E-state index contributed by atoms with van der Waals surface area (Å²) in [6.07, 6.45) is 7.24. The Morgan fingerprint density at radius 2 is 2.07 bits per heavy atom. The zero-order valence-corrected chi connectivity index (χ0v) is 10.1. The Balaban J connectivity index is 2.11. The van der Waals surface area contributed by atoms with E-state index < -0.39 is 0 Å². The molecule has 2 nitrogen and oxygen atoms in total. The predicted molar refractivity (Wildman–Crippen MR) is 64.9 cm³/mol. The molecule has 0 saturated heterocycles.